The van der Waals surface area contributed by atoms with Crippen molar-refractivity contribution in [1.29, 1.82) is 0 Å². The van der Waals surface area contributed by atoms with E-state index in [9.17, 15) is 14.4 Å². The van der Waals surface area contributed by atoms with Gasteiger partial charge in [-0.3, -0.25) is 19.8 Å². The van der Waals surface area contributed by atoms with Crippen LogP contribution in [0.4, 0.5) is 4.79 Å². The summed E-state index contributed by atoms with van der Waals surface area (Å²) >= 11 is 0. The fourth-order valence-corrected chi connectivity index (χ4v) is 3.61. The first-order valence-corrected chi connectivity index (χ1v) is 7.70. The number of rotatable bonds is 3. The van der Waals surface area contributed by atoms with E-state index in [0.717, 1.165) is 38.5 Å². The van der Waals surface area contributed by atoms with Crippen molar-refractivity contribution in [2.45, 2.75) is 58.3 Å². The van der Waals surface area contributed by atoms with E-state index in [2.05, 4.69) is 12.2 Å². The van der Waals surface area contributed by atoms with Crippen LogP contribution in [-0.2, 0) is 9.59 Å². The molecule has 1 saturated heterocycles. The highest BCUT2D eigenvalue weighted by molar-refractivity contribution is 6.19. The maximum absolute atomic E-state index is 12.8. The molecule has 0 aromatic carbocycles. The molecule has 1 N–H and O–H groups in total. The summed E-state index contributed by atoms with van der Waals surface area (Å²) in [5.74, 6) is -0.615. The zero-order chi connectivity index (χ0) is 14.4. The number of barbiturate groups is 1. The Morgan fingerprint density at radius 1 is 1.05 bits per heavy atom. The first-order chi connectivity index (χ1) is 9.53. The van der Waals surface area contributed by atoms with E-state index < -0.39 is 11.4 Å². The van der Waals surface area contributed by atoms with Gasteiger partial charge < -0.3 is 0 Å². The van der Waals surface area contributed by atoms with E-state index in [4.69, 9.17) is 0 Å². The summed E-state index contributed by atoms with van der Waals surface area (Å²) in [6, 6.07) is -0.518. The Labute approximate surface area is 119 Å². The average Bonchev–Trinajstić information content (AvgIpc) is 3.23. The highest BCUT2D eigenvalue weighted by Crippen LogP contribution is 2.50. The lowest BCUT2D eigenvalue weighted by molar-refractivity contribution is -0.154. The Balaban J connectivity index is 1.85. The molecular weight excluding hydrogens is 256 g/mol. The first-order valence-electron chi connectivity index (χ1n) is 7.70. The summed E-state index contributed by atoms with van der Waals surface area (Å²) in [5, 5.41) is 2.42. The number of carbonyl (C=O) groups is 3. The lowest BCUT2D eigenvalue weighted by Crippen LogP contribution is -2.65. The van der Waals surface area contributed by atoms with Crippen LogP contribution < -0.4 is 5.32 Å². The molecule has 3 rings (SSSR count). The number of hydrogen-bond donors (Lipinski definition) is 1. The number of nitrogens with one attached hydrogen (secondary N) is 1. The molecule has 0 aromatic heterocycles. The smallest absolute Gasteiger partial charge is 0.277 e. The van der Waals surface area contributed by atoms with Gasteiger partial charge in [-0.25, -0.2) is 4.79 Å². The van der Waals surface area contributed by atoms with Gasteiger partial charge in [0.15, 0.2) is 0 Å². The predicted octanol–water partition coefficient (Wildman–Crippen LogP) is 2.21. The van der Waals surface area contributed by atoms with Crippen molar-refractivity contribution in [3.63, 3.8) is 0 Å². The Kier molecular flexibility index (Phi) is 3.10. The molecule has 0 aromatic rings. The van der Waals surface area contributed by atoms with Crippen molar-refractivity contribution >= 4 is 17.8 Å². The largest absolute Gasteiger partial charge is 0.330 e. The van der Waals surface area contributed by atoms with Gasteiger partial charge >= 0.3 is 6.03 Å². The number of amides is 4. The summed E-state index contributed by atoms with van der Waals surface area (Å²) in [4.78, 5) is 38.4. The van der Waals surface area contributed by atoms with Crippen molar-refractivity contribution in [3.05, 3.63) is 0 Å². The molecule has 2 aliphatic carbocycles. The van der Waals surface area contributed by atoms with Gasteiger partial charge in [-0.15, -0.1) is 0 Å². The Bertz CT molecular complexity index is 462. The highest BCUT2D eigenvalue weighted by atomic mass is 16.2. The minimum atomic E-state index is -0.962. The van der Waals surface area contributed by atoms with Crippen LogP contribution in [0.1, 0.15) is 58.3 Å². The van der Waals surface area contributed by atoms with Gasteiger partial charge in [0.2, 0.25) is 11.8 Å². The Hall–Kier alpha value is -1.39. The summed E-state index contributed by atoms with van der Waals surface area (Å²) in [7, 11) is 0. The summed E-state index contributed by atoms with van der Waals surface area (Å²) < 4.78 is 0. The molecule has 5 heteroatoms. The third-order valence-electron chi connectivity index (χ3n) is 5.46. The maximum Gasteiger partial charge on any atom is 0.330 e. The van der Waals surface area contributed by atoms with E-state index in [1.54, 1.807) is 0 Å². The van der Waals surface area contributed by atoms with E-state index >= 15 is 0 Å². The quantitative estimate of drug-likeness (QED) is 0.805. The van der Waals surface area contributed by atoms with Crippen LogP contribution in [0.3, 0.4) is 0 Å². The molecule has 1 heterocycles. The molecule has 0 bridgehead atoms. The monoisotopic (exact) mass is 278 g/mol. The summed E-state index contributed by atoms with van der Waals surface area (Å²) in [6.07, 6.45) is 7.13. The number of carbonyl (C=O) groups excluding carboxylic acids is 3. The Morgan fingerprint density at radius 2 is 1.70 bits per heavy atom. The van der Waals surface area contributed by atoms with Crippen molar-refractivity contribution in [2.75, 3.05) is 6.54 Å². The normalized spacial score (nSPS) is 27.6. The van der Waals surface area contributed by atoms with Crippen LogP contribution >= 0.6 is 0 Å². The standard InChI is InChI=1S/C15H22N2O3/c1-2-14(8-9-14)10-17-12(19)15(6-4-3-5-7-15)11(18)16-13(17)20/h2-10H2,1H3,(H,16,18,20). The van der Waals surface area contributed by atoms with E-state index in [1.807, 2.05) is 0 Å². The topological polar surface area (TPSA) is 66.5 Å². The fraction of sp³-hybridized carbons (Fsp3) is 0.800. The van der Waals surface area contributed by atoms with Crippen LogP contribution in [0.5, 0.6) is 0 Å². The first kappa shape index (κ1) is 13.6. The molecule has 20 heavy (non-hydrogen) atoms. The predicted molar refractivity (Wildman–Crippen MR) is 72.7 cm³/mol. The third kappa shape index (κ3) is 1.95. The van der Waals surface area contributed by atoms with Gasteiger partial charge in [0, 0.05) is 6.54 Å². The zero-order valence-corrected chi connectivity index (χ0v) is 12.0. The number of imide groups is 2. The van der Waals surface area contributed by atoms with Crippen LogP contribution in [0.2, 0.25) is 0 Å². The molecule has 5 nitrogen and oxygen atoms in total. The minimum Gasteiger partial charge on any atom is -0.277 e. The Morgan fingerprint density at radius 3 is 2.25 bits per heavy atom. The highest BCUT2D eigenvalue weighted by Gasteiger charge is 2.56. The second kappa shape index (κ2) is 4.57. The molecule has 0 atom stereocenters. The molecule has 3 aliphatic rings. The lowest BCUT2D eigenvalue weighted by Gasteiger charge is -2.42. The molecular formula is C15H22N2O3. The third-order valence-corrected chi connectivity index (χ3v) is 5.46. The number of nitrogens with zero attached hydrogens (tertiary/aromatic N) is 1. The molecule has 3 fully saturated rings. The molecule has 1 spiro atoms. The number of hydrogen-bond acceptors (Lipinski definition) is 3. The number of urea groups is 1. The SMILES string of the molecule is CCC1(CN2C(=O)NC(=O)C3(CCCCC3)C2=O)CC1. The molecule has 0 unspecified atom stereocenters. The van der Waals surface area contributed by atoms with Crippen LogP contribution in [-0.4, -0.2) is 29.3 Å². The second-order valence-electron chi connectivity index (χ2n) is 6.65. The average molecular weight is 278 g/mol. The van der Waals surface area contributed by atoms with Crippen molar-refractivity contribution < 1.29 is 14.4 Å². The van der Waals surface area contributed by atoms with Crippen molar-refractivity contribution in [2.24, 2.45) is 10.8 Å². The van der Waals surface area contributed by atoms with Crippen LogP contribution in [0, 0.1) is 10.8 Å². The molecule has 4 amide bonds. The second-order valence-corrected chi connectivity index (χ2v) is 6.65. The van der Waals surface area contributed by atoms with Crippen molar-refractivity contribution in [3.8, 4) is 0 Å². The van der Waals surface area contributed by atoms with Crippen LogP contribution in [0.15, 0.2) is 0 Å². The fourth-order valence-electron chi connectivity index (χ4n) is 3.61. The van der Waals surface area contributed by atoms with E-state index in [-0.39, 0.29) is 17.2 Å². The van der Waals surface area contributed by atoms with Crippen LogP contribution in [0.25, 0.3) is 0 Å². The van der Waals surface area contributed by atoms with Gasteiger partial charge in [-0.2, -0.15) is 0 Å². The summed E-state index contributed by atoms with van der Waals surface area (Å²) in [5.41, 5.74) is -0.848. The molecule has 0 radical (unpaired) electrons. The summed E-state index contributed by atoms with van der Waals surface area (Å²) in [6.45, 7) is 2.57. The van der Waals surface area contributed by atoms with E-state index in [0.29, 0.717) is 19.4 Å². The van der Waals surface area contributed by atoms with Crippen molar-refractivity contribution in [1.82, 2.24) is 10.2 Å². The molecule has 2 saturated carbocycles. The molecule has 1 aliphatic heterocycles. The minimum absolute atomic E-state index is 0.114. The maximum atomic E-state index is 12.8. The van der Waals surface area contributed by atoms with Gasteiger partial charge in [-0.05, 0) is 37.5 Å². The van der Waals surface area contributed by atoms with Gasteiger partial charge in [0.25, 0.3) is 0 Å². The zero-order valence-electron chi connectivity index (χ0n) is 12.0. The van der Waals surface area contributed by atoms with E-state index in [1.165, 1.54) is 4.90 Å². The van der Waals surface area contributed by atoms with Gasteiger partial charge in [0.05, 0.1) is 0 Å². The van der Waals surface area contributed by atoms with Gasteiger partial charge in [-0.1, -0.05) is 26.2 Å². The lowest BCUT2D eigenvalue weighted by atomic mass is 9.71. The molecule has 110 valence electrons. The van der Waals surface area contributed by atoms with Gasteiger partial charge in [0.1, 0.15) is 5.41 Å².